The van der Waals surface area contributed by atoms with Crippen LogP contribution in [0.25, 0.3) is 0 Å². The van der Waals surface area contributed by atoms with Crippen molar-refractivity contribution < 1.29 is 12.8 Å². The standard InChI is InChI=1S/C13H15Cl2N3O3S.ClH/c1-7(2)11(16)12-17-18-13(21-12)22(19,20)6-8-9(14)4-3-5-10(8)15;/h3-5,7,11H,6,16H2,1-2H3;1H/t11-;/m0./s1. The van der Waals surface area contributed by atoms with Gasteiger partial charge in [0.15, 0.2) is 0 Å². The lowest BCUT2D eigenvalue weighted by Gasteiger charge is -2.09. The van der Waals surface area contributed by atoms with E-state index in [1.54, 1.807) is 18.2 Å². The molecule has 0 aliphatic heterocycles. The molecule has 0 spiro atoms. The lowest BCUT2D eigenvalue weighted by Crippen LogP contribution is -2.17. The van der Waals surface area contributed by atoms with Crippen LogP contribution in [0.15, 0.2) is 27.8 Å². The Kier molecular flexibility index (Phi) is 6.85. The van der Waals surface area contributed by atoms with Crippen LogP contribution in [0.2, 0.25) is 10.0 Å². The summed E-state index contributed by atoms with van der Waals surface area (Å²) in [6.07, 6.45) is 0. The number of hydrogen-bond acceptors (Lipinski definition) is 6. The van der Waals surface area contributed by atoms with Gasteiger partial charge in [-0.2, -0.15) is 0 Å². The summed E-state index contributed by atoms with van der Waals surface area (Å²) in [5.41, 5.74) is 6.15. The van der Waals surface area contributed by atoms with Gasteiger partial charge in [-0.05, 0) is 18.1 Å². The highest BCUT2D eigenvalue weighted by Gasteiger charge is 2.27. The van der Waals surface area contributed by atoms with E-state index in [1.165, 1.54) is 0 Å². The van der Waals surface area contributed by atoms with Gasteiger partial charge in [-0.25, -0.2) is 8.42 Å². The molecule has 2 aromatic rings. The van der Waals surface area contributed by atoms with Crippen LogP contribution in [-0.2, 0) is 15.6 Å². The van der Waals surface area contributed by atoms with Crippen molar-refractivity contribution in [3.63, 3.8) is 0 Å². The maximum absolute atomic E-state index is 12.4. The van der Waals surface area contributed by atoms with Crippen LogP contribution < -0.4 is 5.73 Å². The van der Waals surface area contributed by atoms with Crippen LogP contribution in [0.1, 0.15) is 31.3 Å². The second-order valence-corrected chi connectivity index (χ2v) is 7.82. The Labute approximate surface area is 150 Å². The van der Waals surface area contributed by atoms with Crippen LogP contribution in [0.5, 0.6) is 0 Å². The van der Waals surface area contributed by atoms with E-state index in [0.717, 1.165) is 0 Å². The predicted molar refractivity (Wildman–Crippen MR) is 90.7 cm³/mol. The van der Waals surface area contributed by atoms with Crippen LogP contribution in [0.4, 0.5) is 0 Å². The zero-order chi connectivity index (χ0) is 16.5. The SMILES string of the molecule is CC(C)[C@H](N)c1nnc(S(=O)(=O)Cc2c(Cl)cccc2Cl)o1.Cl. The Morgan fingerprint density at radius 3 is 2.30 bits per heavy atom. The highest BCUT2D eigenvalue weighted by Crippen LogP contribution is 2.28. The molecular formula is C13H16Cl3N3O3S. The lowest BCUT2D eigenvalue weighted by molar-refractivity contribution is 0.341. The van der Waals surface area contributed by atoms with E-state index in [1.807, 2.05) is 13.8 Å². The molecule has 0 bridgehead atoms. The molecule has 23 heavy (non-hydrogen) atoms. The minimum Gasteiger partial charge on any atom is -0.411 e. The summed E-state index contributed by atoms with van der Waals surface area (Å²) in [6.45, 7) is 3.74. The Morgan fingerprint density at radius 1 is 1.22 bits per heavy atom. The van der Waals surface area contributed by atoms with Gasteiger partial charge in [-0.1, -0.05) is 48.2 Å². The first kappa shape index (κ1) is 20.2. The quantitative estimate of drug-likeness (QED) is 0.825. The lowest BCUT2D eigenvalue weighted by atomic mass is 10.1. The van der Waals surface area contributed by atoms with Gasteiger partial charge in [0.25, 0.3) is 0 Å². The molecule has 6 nitrogen and oxygen atoms in total. The first-order valence-electron chi connectivity index (χ1n) is 6.47. The first-order chi connectivity index (χ1) is 10.2. The Bertz CT molecular complexity index is 758. The molecule has 2 rings (SSSR count). The summed E-state index contributed by atoms with van der Waals surface area (Å²) in [7, 11) is -3.86. The maximum Gasteiger partial charge on any atom is 0.335 e. The average molecular weight is 401 g/mol. The molecule has 10 heteroatoms. The van der Waals surface area contributed by atoms with Gasteiger partial charge in [0.2, 0.25) is 15.7 Å². The third kappa shape index (κ3) is 4.58. The average Bonchev–Trinajstić information content (AvgIpc) is 2.92. The summed E-state index contributed by atoms with van der Waals surface area (Å²) in [6, 6.07) is 4.23. The fourth-order valence-electron chi connectivity index (χ4n) is 1.69. The molecule has 1 atom stereocenters. The second kappa shape index (κ2) is 7.81. The highest BCUT2D eigenvalue weighted by molar-refractivity contribution is 7.90. The van der Waals surface area contributed by atoms with Gasteiger partial charge < -0.3 is 10.2 Å². The molecule has 0 radical (unpaired) electrons. The zero-order valence-electron chi connectivity index (χ0n) is 12.4. The highest BCUT2D eigenvalue weighted by atomic mass is 35.5. The number of rotatable bonds is 5. The molecule has 0 saturated carbocycles. The molecule has 1 heterocycles. The van der Waals surface area contributed by atoms with Crippen LogP contribution >= 0.6 is 35.6 Å². The van der Waals surface area contributed by atoms with Gasteiger partial charge in [0, 0.05) is 15.6 Å². The van der Waals surface area contributed by atoms with E-state index in [4.69, 9.17) is 33.4 Å². The second-order valence-electron chi connectivity index (χ2n) is 5.14. The molecular weight excluding hydrogens is 385 g/mol. The molecule has 0 aliphatic carbocycles. The van der Waals surface area contributed by atoms with Crippen LogP contribution in [-0.4, -0.2) is 18.6 Å². The molecule has 0 saturated heterocycles. The van der Waals surface area contributed by atoms with E-state index in [2.05, 4.69) is 10.2 Å². The minimum absolute atomic E-state index is 0. The number of benzene rings is 1. The van der Waals surface area contributed by atoms with Crippen molar-refractivity contribution in [3.05, 3.63) is 39.7 Å². The van der Waals surface area contributed by atoms with Crippen molar-refractivity contribution in [2.45, 2.75) is 30.9 Å². The number of aromatic nitrogens is 2. The molecule has 1 aromatic heterocycles. The normalized spacial score (nSPS) is 13.0. The summed E-state index contributed by atoms with van der Waals surface area (Å²) < 4.78 is 29.9. The predicted octanol–water partition coefficient (Wildman–Crippen LogP) is 3.43. The van der Waals surface area contributed by atoms with Gasteiger partial charge in [0.1, 0.15) is 0 Å². The van der Waals surface area contributed by atoms with E-state index >= 15 is 0 Å². The van der Waals surface area contributed by atoms with Gasteiger partial charge in [0.05, 0.1) is 11.8 Å². The molecule has 0 fully saturated rings. The summed E-state index contributed by atoms with van der Waals surface area (Å²) >= 11 is 12.0. The minimum atomic E-state index is -3.86. The summed E-state index contributed by atoms with van der Waals surface area (Å²) in [5.74, 6) is -0.308. The number of hydrogen-bond donors (Lipinski definition) is 1. The van der Waals surface area contributed by atoms with E-state index in [-0.39, 0.29) is 34.3 Å². The van der Waals surface area contributed by atoms with Gasteiger partial charge >= 0.3 is 5.22 Å². The fraction of sp³-hybridized carbons (Fsp3) is 0.385. The Morgan fingerprint density at radius 2 is 1.78 bits per heavy atom. The fourth-order valence-corrected chi connectivity index (χ4v) is 3.57. The molecule has 1 aromatic carbocycles. The number of halogens is 3. The van der Waals surface area contributed by atoms with E-state index < -0.39 is 26.9 Å². The zero-order valence-corrected chi connectivity index (χ0v) is 15.5. The third-order valence-corrected chi connectivity index (χ3v) is 5.16. The van der Waals surface area contributed by atoms with Crippen molar-refractivity contribution in [1.82, 2.24) is 10.2 Å². The van der Waals surface area contributed by atoms with Crippen molar-refractivity contribution in [2.75, 3.05) is 0 Å². The number of nitrogens with zero attached hydrogens (tertiary/aromatic N) is 2. The molecule has 0 aliphatic rings. The largest absolute Gasteiger partial charge is 0.411 e. The number of nitrogens with two attached hydrogens (primary N) is 1. The van der Waals surface area contributed by atoms with Crippen molar-refractivity contribution in [2.24, 2.45) is 11.7 Å². The van der Waals surface area contributed by atoms with Gasteiger partial charge in [-0.3, -0.25) is 0 Å². The Balaban J connectivity index is 0.00000264. The molecule has 0 unspecified atom stereocenters. The third-order valence-electron chi connectivity index (χ3n) is 3.09. The van der Waals surface area contributed by atoms with Crippen LogP contribution in [0.3, 0.4) is 0 Å². The van der Waals surface area contributed by atoms with E-state index in [0.29, 0.717) is 5.56 Å². The first-order valence-corrected chi connectivity index (χ1v) is 8.88. The monoisotopic (exact) mass is 399 g/mol. The van der Waals surface area contributed by atoms with E-state index in [9.17, 15) is 8.42 Å². The van der Waals surface area contributed by atoms with Crippen molar-refractivity contribution >= 4 is 45.4 Å². The van der Waals surface area contributed by atoms with Crippen molar-refractivity contribution in [1.29, 1.82) is 0 Å². The molecule has 128 valence electrons. The van der Waals surface area contributed by atoms with Crippen molar-refractivity contribution in [3.8, 4) is 0 Å². The smallest absolute Gasteiger partial charge is 0.335 e. The topological polar surface area (TPSA) is 99.1 Å². The Hall–Kier alpha value is -0.860. The number of sulfone groups is 1. The molecule has 2 N–H and O–H groups in total. The van der Waals surface area contributed by atoms with Gasteiger partial charge in [-0.15, -0.1) is 17.5 Å². The summed E-state index contributed by atoms with van der Waals surface area (Å²) in [5, 5.41) is 7.31. The van der Waals surface area contributed by atoms with Crippen LogP contribution in [0, 0.1) is 5.92 Å². The maximum atomic E-state index is 12.4. The molecule has 0 amide bonds. The summed E-state index contributed by atoms with van der Waals surface area (Å²) in [4.78, 5) is 0.